The second-order valence-corrected chi connectivity index (χ2v) is 12.7. The van der Waals surface area contributed by atoms with Crippen molar-refractivity contribution in [2.45, 2.75) is 18.4 Å². The molecule has 0 bridgehead atoms. The second kappa shape index (κ2) is 11.5. The third kappa shape index (κ3) is 5.71. The summed E-state index contributed by atoms with van der Waals surface area (Å²) in [6.07, 6.45) is 0. The van der Waals surface area contributed by atoms with Gasteiger partial charge in [0.25, 0.3) is 10.0 Å². The van der Waals surface area contributed by atoms with Gasteiger partial charge in [0.05, 0.1) is 21.7 Å². The van der Waals surface area contributed by atoms with Gasteiger partial charge < -0.3 is 0 Å². The number of anilines is 1. The molecule has 4 nitrogen and oxygen atoms in total. The fourth-order valence-electron chi connectivity index (χ4n) is 4.72. The normalized spacial score (nSPS) is 11.3. The van der Waals surface area contributed by atoms with Crippen molar-refractivity contribution in [3.05, 3.63) is 151 Å². The third-order valence-electron chi connectivity index (χ3n) is 6.87. The van der Waals surface area contributed by atoms with Gasteiger partial charge in [-0.25, -0.2) is 17.7 Å². The van der Waals surface area contributed by atoms with Crippen molar-refractivity contribution in [2.75, 3.05) is 4.31 Å². The SMILES string of the molecule is Cc1ccc(S(=O)(=O)N(Cc2ccccc2)c2nc3ccccc3sc3ccccc3cc2-c2ccccc2)cc1. The van der Waals surface area contributed by atoms with Crippen LogP contribution in [-0.2, 0) is 16.6 Å². The Labute approximate surface area is 244 Å². The zero-order valence-corrected chi connectivity index (χ0v) is 24.1. The summed E-state index contributed by atoms with van der Waals surface area (Å²) in [5.74, 6) is 0.366. The number of benzene rings is 5. The minimum absolute atomic E-state index is 0.122. The summed E-state index contributed by atoms with van der Waals surface area (Å²) in [6, 6.07) is 44.7. The largest absolute Gasteiger partial charge is 0.265 e. The molecule has 0 amide bonds. The predicted molar refractivity (Wildman–Crippen MR) is 171 cm³/mol. The highest BCUT2D eigenvalue weighted by molar-refractivity contribution is 7.92. The van der Waals surface area contributed by atoms with Crippen molar-refractivity contribution in [3.8, 4) is 11.1 Å². The van der Waals surface area contributed by atoms with Crippen LogP contribution in [0, 0.1) is 6.92 Å². The van der Waals surface area contributed by atoms with E-state index in [0.717, 1.165) is 37.0 Å². The lowest BCUT2D eigenvalue weighted by atomic mass is 10.1. The second-order valence-electron chi connectivity index (χ2n) is 9.78. The summed E-state index contributed by atoms with van der Waals surface area (Å²) in [5, 5.41) is 0.994. The van der Waals surface area contributed by atoms with Gasteiger partial charge in [-0.1, -0.05) is 109 Å². The highest BCUT2D eigenvalue weighted by atomic mass is 32.2. The molecule has 0 spiro atoms. The zero-order chi connectivity index (χ0) is 28.2. The standard InChI is InChI=1S/C35H28N2O2S2/c1-26-20-22-30(23-21-26)41(38,39)37(25-27-12-4-2-5-13-27)35-31(28-14-6-3-7-15-28)24-29-16-8-10-18-33(29)40-34-19-11-9-17-32(34)36-35/h2-24H,25H2,1H3. The van der Waals surface area contributed by atoms with Crippen LogP contribution in [0.5, 0.6) is 0 Å². The molecule has 0 unspecified atom stereocenters. The molecule has 0 saturated carbocycles. The number of aromatic nitrogens is 1. The minimum Gasteiger partial charge on any atom is -0.245 e. The lowest BCUT2D eigenvalue weighted by Gasteiger charge is -2.25. The molecule has 6 heteroatoms. The van der Waals surface area contributed by atoms with Crippen LogP contribution in [0.25, 0.3) is 31.4 Å². The van der Waals surface area contributed by atoms with Gasteiger partial charge in [-0.2, -0.15) is 0 Å². The summed E-state index contributed by atoms with van der Waals surface area (Å²) in [7, 11) is -4.02. The van der Waals surface area contributed by atoms with E-state index in [-0.39, 0.29) is 11.4 Å². The molecule has 202 valence electrons. The molecule has 0 atom stereocenters. The first-order valence-corrected chi connectivity index (χ1v) is 15.6. The molecular weight excluding hydrogens is 545 g/mol. The summed E-state index contributed by atoms with van der Waals surface area (Å²) >= 11 is 1.63. The molecule has 0 radical (unpaired) electrons. The number of nitrogens with zero attached hydrogens (tertiary/aromatic N) is 2. The Kier molecular flexibility index (Phi) is 7.51. The molecule has 6 aromatic rings. The van der Waals surface area contributed by atoms with E-state index in [1.54, 1.807) is 23.5 Å². The van der Waals surface area contributed by atoms with E-state index in [9.17, 15) is 8.42 Å². The van der Waals surface area contributed by atoms with Crippen LogP contribution in [0.4, 0.5) is 5.82 Å². The van der Waals surface area contributed by atoms with Gasteiger partial charge in [0.1, 0.15) is 0 Å². The van der Waals surface area contributed by atoms with E-state index >= 15 is 0 Å². The molecule has 5 aromatic carbocycles. The molecule has 0 aliphatic rings. The van der Waals surface area contributed by atoms with E-state index in [4.69, 9.17) is 4.98 Å². The number of hydrogen-bond acceptors (Lipinski definition) is 4. The molecule has 1 aromatic heterocycles. The Balaban J connectivity index is 1.76. The molecule has 41 heavy (non-hydrogen) atoms. The topological polar surface area (TPSA) is 50.3 Å². The van der Waals surface area contributed by atoms with Crippen LogP contribution >= 0.6 is 11.3 Å². The Morgan fingerprint density at radius 1 is 0.683 bits per heavy atom. The quantitative estimate of drug-likeness (QED) is 0.200. The molecular formula is C35H28N2O2S2. The lowest BCUT2D eigenvalue weighted by molar-refractivity contribution is 0.590. The van der Waals surface area contributed by atoms with Crippen LogP contribution in [0.3, 0.4) is 0 Å². The average molecular weight is 573 g/mol. The smallest absolute Gasteiger partial charge is 0.245 e. The van der Waals surface area contributed by atoms with Gasteiger partial charge in [0, 0.05) is 10.3 Å². The van der Waals surface area contributed by atoms with E-state index in [0.29, 0.717) is 11.3 Å². The van der Waals surface area contributed by atoms with Gasteiger partial charge in [-0.05, 0) is 59.8 Å². The van der Waals surface area contributed by atoms with E-state index in [2.05, 4.69) is 18.2 Å². The first-order chi connectivity index (χ1) is 20.0. The Morgan fingerprint density at radius 3 is 2.02 bits per heavy atom. The molecule has 0 aliphatic heterocycles. The van der Waals surface area contributed by atoms with Crippen LogP contribution in [0.1, 0.15) is 11.1 Å². The third-order valence-corrected chi connectivity index (χ3v) is 9.78. The Bertz CT molecular complexity index is 1990. The van der Waals surface area contributed by atoms with E-state index in [1.807, 2.05) is 116 Å². The summed E-state index contributed by atoms with van der Waals surface area (Å²) in [4.78, 5) is 5.40. The molecule has 0 fully saturated rings. The van der Waals surface area contributed by atoms with Crippen LogP contribution in [0.2, 0.25) is 0 Å². The summed E-state index contributed by atoms with van der Waals surface area (Å²) < 4.78 is 32.6. The molecule has 6 rings (SSSR count). The Morgan fingerprint density at radius 2 is 1.29 bits per heavy atom. The lowest BCUT2D eigenvalue weighted by Crippen LogP contribution is -2.31. The minimum atomic E-state index is -4.02. The fourth-order valence-corrected chi connectivity index (χ4v) is 7.14. The van der Waals surface area contributed by atoms with Gasteiger partial charge in [0.2, 0.25) is 0 Å². The molecule has 0 saturated heterocycles. The average Bonchev–Trinajstić information content (AvgIpc) is 3.07. The maximum absolute atomic E-state index is 14.6. The first-order valence-electron chi connectivity index (χ1n) is 13.3. The van der Waals surface area contributed by atoms with Crippen LogP contribution in [-0.4, -0.2) is 13.4 Å². The van der Waals surface area contributed by atoms with Crippen molar-refractivity contribution in [1.82, 2.24) is 4.98 Å². The summed E-state index contributed by atoms with van der Waals surface area (Å²) in [5.41, 5.74) is 4.17. The number of rotatable bonds is 6. The maximum Gasteiger partial charge on any atom is 0.265 e. The number of hydrogen-bond donors (Lipinski definition) is 0. The number of sulfonamides is 1. The molecule has 1 heterocycles. The first kappa shape index (κ1) is 26.7. The monoisotopic (exact) mass is 572 g/mol. The Hall–Kier alpha value is -4.52. The number of fused-ring (bicyclic) bond motifs is 2. The van der Waals surface area contributed by atoms with E-state index in [1.165, 1.54) is 4.31 Å². The van der Waals surface area contributed by atoms with Crippen molar-refractivity contribution in [1.29, 1.82) is 0 Å². The van der Waals surface area contributed by atoms with Crippen molar-refractivity contribution < 1.29 is 8.42 Å². The highest BCUT2D eigenvalue weighted by Crippen LogP contribution is 2.36. The summed E-state index contributed by atoms with van der Waals surface area (Å²) in [6.45, 7) is 2.07. The number of aryl methyl sites for hydroxylation is 1. The van der Waals surface area contributed by atoms with Crippen molar-refractivity contribution >= 4 is 47.5 Å². The van der Waals surface area contributed by atoms with Crippen LogP contribution in [0.15, 0.2) is 144 Å². The predicted octanol–water partition coefficient (Wildman–Crippen LogP) is 8.94. The molecule has 0 N–H and O–H groups in total. The van der Waals surface area contributed by atoms with Gasteiger partial charge in [0.15, 0.2) is 5.82 Å². The zero-order valence-electron chi connectivity index (χ0n) is 22.5. The van der Waals surface area contributed by atoms with Crippen molar-refractivity contribution in [2.24, 2.45) is 0 Å². The van der Waals surface area contributed by atoms with Gasteiger partial charge in [-0.15, -0.1) is 11.3 Å². The fraction of sp³-hybridized carbons (Fsp3) is 0.0571. The van der Waals surface area contributed by atoms with Gasteiger partial charge in [-0.3, -0.25) is 0 Å². The van der Waals surface area contributed by atoms with E-state index < -0.39 is 10.0 Å². The molecule has 0 aliphatic carbocycles. The van der Waals surface area contributed by atoms with Crippen LogP contribution < -0.4 is 4.31 Å². The van der Waals surface area contributed by atoms with Crippen molar-refractivity contribution in [3.63, 3.8) is 0 Å². The maximum atomic E-state index is 14.6. The number of para-hydroxylation sites is 1. The highest BCUT2D eigenvalue weighted by Gasteiger charge is 2.28. The van der Waals surface area contributed by atoms with Gasteiger partial charge >= 0.3 is 0 Å².